The third kappa shape index (κ3) is 5.83. The van der Waals surface area contributed by atoms with E-state index in [0.717, 1.165) is 0 Å². The predicted molar refractivity (Wildman–Crippen MR) is 162 cm³/mol. The molecule has 4 aliphatic heterocycles. The van der Waals surface area contributed by atoms with Crippen LogP contribution in [0.25, 0.3) is 0 Å². The first-order valence-electron chi connectivity index (χ1n) is 15.1. The standard InChI is InChI=1S/C27H42N10O10/c1-6-45-21-15-18(32-24(28)34-21)36(10-30-15)22-27(3,41)17(39)13(47-22)8-44-11-31-25-33-19-14(20(35-25)43-5)29-9-37(19)23-26(2,40)16(38)12(46-23)7-42-4/h9-10,12-13,16-17,20-23,38-41H,6-8,11H2,1-5H3,(H3,28,32,34)(H2,31,33,35)/t12-,13-,16-,17?,20?,21?,22-,23-,26-,27-/m1/s1. The van der Waals surface area contributed by atoms with Crippen molar-refractivity contribution in [3.05, 3.63) is 24.0 Å². The number of aliphatic hydroxyl groups excluding tert-OH is 2. The van der Waals surface area contributed by atoms with Gasteiger partial charge >= 0.3 is 0 Å². The van der Waals surface area contributed by atoms with Crippen LogP contribution < -0.4 is 21.7 Å². The Bertz CT molecular complexity index is 1490. The lowest BCUT2D eigenvalue weighted by Crippen LogP contribution is -2.45. The number of hydrogen-bond acceptors (Lipinski definition) is 16. The zero-order valence-corrected chi connectivity index (χ0v) is 26.6. The summed E-state index contributed by atoms with van der Waals surface area (Å²) in [6, 6.07) is 0. The van der Waals surface area contributed by atoms with Crippen LogP contribution in [0.15, 0.2) is 22.6 Å². The Hall–Kier alpha value is -3.44. The SMILES string of the molecule is CCOC1N=C(N)Nc2c1ncn2[C@@H]1O[C@H](COCN=C2Nc3c(ncn3[C@@H]3O[C@H](COC)[C@@H](O)[C@@]3(C)O)C(OC)N2)C(O)[C@@]1(C)O. The van der Waals surface area contributed by atoms with Crippen molar-refractivity contribution in [2.45, 2.75) is 81.3 Å². The molecule has 0 aromatic carbocycles. The molecule has 0 saturated carbocycles. The number of aliphatic hydroxyl groups is 4. The lowest BCUT2D eigenvalue weighted by molar-refractivity contribution is -0.0970. The molecule has 0 amide bonds. The first-order chi connectivity index (χ1) is 22.4. The van der Waals surface area contributed by atoms with Crippen molar-refractivity contribution in [3.63, 3.8) is 0 Å². The van der Waals surface area contributed by atoms with E-state index >= 15 is 0 Å². The van der Waals surface area contributed by atoms with Gasteiger partial charge in [0.05, 0.1) is 25.9 Å². The van der Waals surface area contributed by atoms with Crippen LogP contribution in [0, 0.1) is 0 Å². The molecule has 0 spiro atoms. The number of anilines is 2. The molecule has 2 aromatic rings. The fourth-order valence-electron chi connectivity index (χ4n) is 6.15. The summed E-state index contributed by atoms with van der Waals surface area (Å²) in [5, 5.41) is 53.2. The van der Waals surface area contributed by atoms with Crippen LogP contribution in [0.5, 0.6) is 0 Å². The molecule has 10 atom stereocenters. The summed E-state index contributed by atoms with van der Waals surface area (Å²) >= 11 is 0. The summed E-state index contributed by atoms with van der Waals surface area (Å²) < 4.78 is 37.2. The molecule has 6 heterocycles. The Morgan fingerprint density at radius 2 is 1.55 bits per heavy atom. The average Bonchev–Trinajstić information content (AvgIpc) is 3.75. The maximum atomic E-state index is 11.3. The van der Waals surface area contributed by atoms with Crippen LogP contribution in [-0.4, -0.2) is 128 Å². The minimum atomic E-state index is -1.73. The Kier molecular flexibility index (Phi) is 9.17. The number of ether oxygens (including phenoxy) is 6. The molecular formula is C27H42N10O10. The zero-order chi connectivity index (χ0) is 33.7. The molecule has 47 heavy (non-hydrogen) atoms. The van der Waals surface area contributed by atoms with Crippen LogP contribution in [0.3, 0.4) is 0 Å². The van der Waals surface area contributed by atoms with Gasteiger partial charge < -0.3 is 70.5 Å². The summed E-state index contributed by atoms with van der Waals surface area (Å²) in [5.74, 6) is 1.22. The van der Waals surface area contributed by atoms with E-state index in [1.54, 1.807) is 4.57 Å². The quantitative estimate of drug-likeness (QED) is 0.123. The predicted octanol–water partition coefficient (Wildman–Crippen LogP) is -1.79. The van der Waals surface area contributed by atoms with Gasteiger partial charge in [0.25, 0.3) is 0 Å². The number of guanidine groups is 2. The largest absolute Gasteiger partial charge is 0.387 e. The molecule has 0 aliphatic carbocycles. The van der Waals surface area contributed by atoms with E-state index in [4.69, 9.17) is 34.2 Å². The molecule has 2 aromatic heterocycles. The molecule has 0 radical (unpaired) electrons. The molecule has 2 saturated heterocycles. The molecule has 4 aliphatic rings. The Morgan fingerprint density at radius 1 is 0.957 bits per heavy atom. The van der Waals surface area contributed by atoms with Gasteiger partial charge in [0.2, 0.25) is 5.96 Å². The van der Waals surface area contributed by atoms with Gasteiger partial charge in [0.15, 0.2) is 30.9 Å². The fourth-order valence-corrected chi connectivity index (χ4v) is 6.15. The number of imidazole rings is 2. The number of nitrogens with one attached hydrogen (secondary N) is 3. The number of nitrogens with zero attached hydrogens (tertiary/aromatic N) is 6. The second-order valence-corrected chi connectivity index (χ2v) is 12.0. The van der Waals surface area contributed by atoms with Crippen molar-refractivity contribution >= 4 is 23.6 Å². The normalized spacial score (nSPS) is 37.2. The number of fused-ring (bicyclic) bond motifs is 2. The van der Waals surface area contributed by atoms with Crippen LogP contribution in [0.2, 0.25) is 0 Å². The number of hydrogen-bond donors (Lipinski definition) is 8. The van der Waals surface area contributed by atoms with Gasteiger partial charge in [0, 0.05) is 20.8 Å². The molecule has 0 bridgehead atoms. The Balaban J connectivity index is 1.12. The van der Waals surface area contributed by atoms with Crippen LogP contribution in [-0.2, 0) is 28.4 Å². The molecule has 260 valence electrons. The van der Waals surface area contributed by atoms with Gasteiger partial charge in [0.1, 0.15) is 65.4 Å². The monoisotopic (exact) mass is 666 g/mol. The molecule has 3 unspecified atom stereocenters. The van der Waals surface area contributed by atoms with Gasteiger partial charge in [-0.15, -0.1) is 0 Å². The lowest BCUT2D eigenvalue weighted by Gasteiger charge is -2.31. The first-order valence-corrected chi connectivity index (χ1v) is 15.1. The second kappa shape index (κ2) is 12.9. The van der Waals surface area contributed by atoms with E-state index in [1.165, 1.54) is 45.3 Å². The molecule has 20 nitrogen and oxygen atoms in total. The summed E-state index contributed by atoms with van der Waals surface area (Å²) in [6.07, 6.45) is -4.77. The fraction of sp³-hybridized carbons (Fsp3) is 0.704. The highest BCUT2D eigenvalue weighted by Gasteiger charge is 2.55. The maximum Gasteiger partial charge on any atom is 0.201 e. The Morgan fingerprint density at radius 3 is 2.15 bits per heavy atom. The van der Waals surface area contributed by atoms with E-state index in [9.17, 15) is 20.4 Å². The van der Waals surface area contributed by atoms with E-state index < -0.39 is 60.5 Å². The van der Waals surface area contributed by atoms with Gasteiger partial charge in [-0.05, 0) is 20.8 Å². The third-order valence-corrected chi connectivity index (χ3v) is 8.64. The van der Waals surface area contributed by atoms with Crippen molar-refractivity contribution in [2.24, 2.45) is 15.7 Å². The smallest absolute Gasteiger partial charge is 0.201 e. The highest BCUT2D eigenvalue weighted by molar-refractivity contribution is 5.95. The minimum absolute atomic E-state index is 0.0826. The molecule has 2 fully saturated rings. The van der Waals surface area contributed by atoms with Crippen LogP contribution in [0.1, 0.15) is 57.1 Å². The molecule has 20 heteroatoms. The van der Waals surface area contributed by atoms with Crippen LogP contribution >= 0.6 is 0 Å². The highest BCUT2D eigenvalue weighted by Crippen LogP contribution is 2.43. The summed E-state index contributed by atoms with van der Waals surface area (Å²) in [6.45, 7) is 4.93. The summed E-state index contributed by atoms with van der Waals surface area (Å²) in [5.41, 5.74) is 3.50. The molecule has 9 N–H and O–H groups in total. The minimum Gasteiger partial charge on any atom is -0.387 e. The lowest BCUT2D eigenvalue weighted by atomic mass is 9.96. The van der Waals surface area contributed by atoms with Crippen molar-refractivity contribution in [1.82, 2.24) is 24.4 Å². The zero-order valence-electron chi connectivity index (χ0n) is 26.6. The van der Waals surface area contributed by atoms with Crippen molar-refractivity contribution in [2.75, 3.05) is 51.4 Å². The number of aromatic nitrogens is 4. The first kappa shape index (κ1) is 33.5. The third-order valence-electron chi connectivity index (χ3n) is 8.64. The topological polar surface area (TPSA) is 259 Å². The van der Waals surface area contributed by atoms with E-state index in [0.29, 0.717) is 29.6 Å². The highest BCUT2D eigenvalue weighted by atomic mass is 16.6. The van der Waals surface area contributed by atoms with Gasteiger partial charge in [-0.25, -0.2) is 20.0 Å². The number of rotatable bonds is 11. The molecule has 6 rings (SSSR count). The maximum absolute atomic E-state index is 11.3. The van der Waals surface area contributed by atoms with Crippen molar-refractivity contribution < 1.29 is 48.8 Å². The second-order valence-electron chi connectivity index (χ2n) is 12.0. The number of aliphatic imine (C=N–C) groups is 2. The number of methoxy groups -OCH3 is 2. The van der Waals surface area contributed by atoms with Gasteiger partial charge in [-0.1, -0.05) is 0 Å². The van der Waals surface area contributed by atoms with E-state index in [1.807, 2.05) is 6.92 Å². The van der Waals surface area contributed by atoms with Gasteiger partial charge in [-0.2, -0.15) is 0 Å². The van der Waals surface area contributed by atoms with Gasteiger partial charge in [-0.3, -0.25) is 9.13 Å². The average molecular weight is 667 g/mol. The van der Waals surface area contributed by atoms with Crippen LogP contribution in [0.4, 0.5) is 11.6 Å². The van der Waals surface area contributed by atoms with E-state index in [2.05, 4.69) is 35.9 Å². The molecular weight excluding hydrogens is 624 g/mol. The van der Waals surface area contributed by atoms with Crippen molar-refractivity contribution in [1.29, 1.82) is 0 Å². The Labute approximate surface area is 269 Å². The summed E-state index contributed by atoms with van der Waals surface area (Å²) in [4.78, 5) is 17.4. The van der Waals surface area contributed by atoms with Crippen molar-refractivity contribution in [3.8, 4) is 0 Å². The summed E-state index contributed by atoms with van der Waals surface area (Å²) in [7, 11) is 2.97. The number of nitrogens with two attached hydrogens (primary N) is 1. The van der Waals surface area contributed by atoms with E-state index in [-0.39, 0.29) is 31.9 Å².